The van der Waals surface area contributed by atoms with Gasteiger partial charge in [-0.15, -0.1) is 0 Å². The number of hydrogen-bond donors (Lipinski definition) is 0. The second-order valence-electron chi connectivity index (χ2n) is 18.4. The number of para-hydroxylation sites is 2. The van der Waals surface area contributed by atoms with Gasteiger partial charge >= 0.3 is 0 Å². The van der Waals surface area contributed by atoms with Crippen LogP contribution in [0, 0.1) is 12.8 Å². The molecule has 0 saturated heterocycles. The van der Waals surface area contributed by atoms with Gasteiger partial charge in [0.15, 0.2) is 17.5 Å². The first-order valence-electron chi connectivity index (χ1n) is 24.4. The standard InChI is InChI=1S/C65H51N5/c1-4-5-28-52-44(3)69(58-31-17-15-29-54(52)58)62-42-51(34-36-53(62)50-27-19-26-48(40-50)45-20-9-6-10-21-45)64-66-63(47-24-13-8-14-25-47)67-65(68-64)57-41-49(46-22-11-7-12-23-46)35-38-61(57)70-59-32-18-16-30-55(59)56-39-43(2)33-37-60(56)70/h5-38,40-43H,4,39H2,1-3H3/b28-5-. The molecule has 336 valence electrons. The van der Waals surface area contributed by atoms with E-state index in [2.05, 4.69) is 236 Å². The van der Waals surface area contributed by atoms with Crippen molar-refractivity contribution in [2.24, 2.45) is 5.92 Å². The smallest absolute Gasteiger partial charge is 0.166 e. The third-order valence-electron chi connectivity index (χ3n) is 13.8. The highest BCUT2D eigenvalue weighted by Crippen LogP contribution is 2.42. The molecule has 1 unspecified atom stereocenters. The van der Waals surface area contributed by atoms with Crippen LogP contribution in [-0.2, 0) is 6.42 Å². The van der Waals surface area contributed by atoms with E-state index < -0.39 is 0 Å². The summed E-state index contributed by atoms with van der Waals surface area (Å²) < 4.78 is 4.85. The van der Waals surface area contributed by atoms with E-state index in [1.165, 1.54) is 38.7 Å². The molecule has 70 heavy (non-hydrogen) atoms. The van der Waals surface area contributed by atoms with Crippen LogP contribution < -0.4 is 0 Å². The van der Waals surface area contributed by atoms with Gasteiger partial charge in [0.25, 0.3) is 0 Å². The van der Waals surface area contributed by atoms with E-state index in [9.17, 15) is 0 Å². The lowest BCUT2D eigenvalue weighted by Gasteiger charge is -2.19. The van der Waals surface area contributed by atoms with Crippen LogP contribution in [0.5, 0.6) is 0 Å². The molecule has 1 atom stereocenters. The quantitative estimate of drug-likeness (QED) is 0.137. The molecule has 0 N–H and O–H groups in total. The molecule has 11 aromatic rings. The zero-order valence-corrected chi connectivity index (χ0v) is 39.6. The molecule has 5 heteroatoms. The van der Waals surface area contributed by atoms with Crippen molar-refractivity contribution in [3.8, 4) is 78.9 Å². The van der Waals surface area contributed by atoms with Crippen molar-refractivity contribution in [1.82, 2.24) is 24.1 Å². The van der Waals surface area contributed by atoms with Crippen molar-refractivity contribution in [2.45, 2.75) is 33.6 Å². The average molecular weight is 902 g/mol. The van der Waals surface area contributed by atoms with Crippen LogP contribution in [0.2, 0.25) is 0 Å². The summed E-state index contributed by atoms with van der Waals surface area (Å²) in [5.41, 5.74) is 18.8. The van der Waals surface area contributed by atoms with Gasteiger partial charge in [0.1, 0.15) is 0 Å². The van der Waals surface area contributed by atoms with E-state index >= 15 is 0 Å². The van der Waals surface area contributed by atoms with Crippen LogP contribution in [0.4, 0.5) is 0 Å². The summed E-state index contributed by atoms with van der Waals surface area (Å²) in [5.74, 6) is 2.26. The first-order valence-corrected chi connectivity index (χ1v) is 24.4. The first kappa shape index (κ1) is 42.7. The molecule has 0 saturated carbocycles. The fourth-order valence-corrected chi connectivity index (χ4v) is 10.4. The number of nitrogens with zero attached hydrogens (tertiary/aromatic N) is 5. The van der Waals surface area contributed by atoms with Gasteiger partial charge in [-0.05, 0) is 102 Å². The molecule has 0 bridgehead atoms. The molecule has 0 fully saturated rings. The van der Waals surface area contributed by atoms with Gasteiger partial charge in [0.05, 0.1) is 22.4 Å². The molecule has 0 radical (unpaired) electrons. The Balaban J connectivity index is 1.12. The Hall–Kier alpha value is -8.67. The van der Waals surface area contributed by atoms with Gasteiger partial charge in [0, 0.05) is 50.0 Å². The molecule has 3 heterocycles. The molecule has 8 aromatic carbocycles. The lowest BCUT2D eigenvalue weighted by molar-refractivity contribution is 0.718. The minimum atomic E-state index is 0.447. The second kappa shape index (κ2) is 18.1. The molecule has 12 rings (SSSR count). The van der Waals surface area contributed by atoms with E-state index in [0.717, 1.165) is 79.9 Å². The maximum atomic E-state index is 5.56. The van der Waals surface area contributed by atoms with Crippen LogP contribution in [0.3, 0.4) is 0 Å². The van der Waals surface area contributed by atoms with E-state index in [1.54, 1.807) is 0 Å². The Kier molecular flexibility index (Phi) is 11.0. The Morgan fingerprint density at radius 3 is 1.77 bits per heavy atom. The van der Waals surface area contributed by atoms with Crippen molar-refractivity contribution in [2.75, 3.05) is 0 Å². The van der Waals surface area contributed by atoms with Crippen molar-refractivity contribution in [3.05, 3.63) is 235 Å². The minimum absolute atomic E-state index is 0.447. The summed E-state index contributed by atoms with van der Waals surface area (Å²) in [6, 6.07) is 71.4. The predicted molar refractivity (Wildman–Crippen MR) is 292 cm³/mol. The topological polar surface area (TPSA) is 48.5 Å². The fraction of sp³-hybridized carbons (Fsp3) is 0.0923. The van der Waals surface area contributed by atoms with Crippen molar-refractivity contribution >= 4 is 34.0 Å². The second-order valence-corrected chi connectivity index (χ2v) is 18.4. The Bertz CT molecular complexity index is 3800. The lowest BCUT2D eigenvalue weighted by Crippen LogP contribution is -2.08. The lowest BCUT2D eigenvalue weighted by atomic mass is 9.93. The monoisotopic (exact) mass is 901 g/mol. The highest BCUT2D eigenvalue weighted by molar-refractivity contribution is 5.95. The van der Waals surface area contributed by atoms with Crippen molar-refractivity contribution < 1.29 is 0 Å². The highest BCUT2D eigenvalue weighted by atomic mass is 15.1. The largest absolute Gasteiger partial charge is 0.313 e. The minimum Gasteiger partial charge on any atom is -0.313 e. The van der Waals surface area contributed by atoms with E-state index in [0.29, 0.717) is 23.4 Å². The van der Waals surface area contributed by atoms with Gasteiger partial charge in [-0.1, -0.05) is 196 Å². The number of hydrogen-bond acceptors (Lipinski definition) is 3. The van der Waals surface area contributed by atoms with Gasteiger partial charge in [-0.25, -0.2) is 15.0 Å². The van der Waals surface area contributed by atoms with Crippen LogP contribution in [0.25, 0.3) is 113 Å². The predicted octanol–water partition coefficient (Wildman–Crippen LogP) is 16.7. The molecule has 3 aromatic heterocycles. The zero-order chi connectivity index (χ0) is 47.1. The molecule has 0 spiro atoms. The molecule has 0 amide bonds. The van der Waals surface area contributed by atoms with Crippen molar-refractivity contribution in [1.29, 1.82) is 0 Å². The van der Waals surface area contributed by atoms with Crippen LogP contribution in [-0.4, -0.2) is 24.1 Å². The zero-order valence-electron chi connectivity index (χ0n) is 39.6. The summed E-state index contributed by atoms with van der Waals surface area (Å²) in [7, 11) is 0. The van der Waals surface area contributed by atoms with Gasteiger partial charge in [-0.3, -0.25) is 0 Å². The molecular weight excluding hydrogens is 851 g/mol. The van der Waals surface area contributed by atoms with Crippen molar-refractivity contribution in [3.63, 3.8) is 0 Å². The van der Waals surface area contributed by atoms with Crippen LogP contribution in [0.1, 0.15) is 42.8 Å². The summed E-state index contributed by atoms with van der Waals surface area (Å²) in [4.78, 5) is 16.3. The molecule has 0 aliphatic heterocycles. The summed E-state index contributed by atoms with van der Waals surface area (Å²) in [6.07, 6.45) is 11.1. The number of aromatic nitrogens is 5. The first-order chi connectivity index (χ1) is 34.5. The van der Waals surface area contributed by atoms with E-state index in [4.69, 9.17) is 15.0 Å². The summed E-state index contributed by atoms with van der Waals surface area (Å²) in [6.45, 7) is 6.72. The molecule has 1 aliphatic carbocycles. The van der Waals surface area contributed by atoms with Gasteiger partial charge in [0.2, 0.25) is 0 Å². The number of benzene rings is 8. The summed E-state index contributed by atoms with van der Waals surface area (Å²) in [5, 5.41) is 2.49. The molecule has 5 nitrogen and oxygen atoms in total. The number of rotatable bonds is 10. The van der Waals surface area contributed by atoms with Gasteiger partial charge in [-0.2, -0.15) is 0 Å². The van der Waals surface area contributed by atoms with Crippen LogP contribution in [0.15, 0.2) is 212 Å². The van der Waals surface area contributed by atoms with E-state index in [1.807, 2.05) is 18.2 Å². The molecular formula is C65H51N5. The maximum absolute atomic E-state index is 5.56. The third-order valence-corrected chi connectivity index (χ3v) is 13.8. The maximum Gasteiger partial charge on any atom is 0.166 e. The Morgan fingerprint density at radius 2 is 1.06 bits per heavy atom. The third kappa shape index (κ3) is 7.66. The number of fused-ring (bicyclic) bond motifs is 4. The molecule has 1 aliphatic rings. The van der Waals surface area contributed by atoms with E-state index in [-0.39, 0.29) is 0 Å². The fourth-order valence-electron chi connectivity index (χ4n) is 10.4. The Morgan fingerprint density at radius 1 is 0.486 bits per heavy atom. The summed E-state index contributed by atoms with van der Waals surface area (Å²) >= 11 is 0. The highest BCUT2D eigenvalue weighted by Gasteiger charge is 2.25. The van der Waals surface area contributed by atoms with Crippen LogP contribution >= 0.6 is 0 Å². The van der Waals surface area contributed by atoms with Gasteiger partial charge < -0.3 is 9.13 Å². The Labute approximate surface area is 409 Å². The number of allylic oxidation sites excluding steroid dienone is 2. The SMILES string of the molecule is CC/C=C\c1c(C)n(-c2cc(-c3nc(-c4ccccc4)nc(-c4cc(-c5ccccc5)ccc4-n4c5c(c6ccccc64)CC(C)C=C5)n3)ccc2-c2cccc(-c3ccccc3)c2)c2ccccc12. The average Bonchev–Trinajstić information content (AvgIpc) is 3.90. The normalized spacial score (nSPS) is 13.4.